The number of carboxylic acid groups (broad SMARTS) is 1. The third-order valence-electron chi connectivity index (χ3n) is 2.89. The quantitative estimate of drug-likeness (QED) is 0.828. The molecule has 2 N–H and O–H groups in total. The van der Waals surface area contributed by atoms with Gasteiger partial charge < -0.3 is 9.84 Å². The monoisotopic (exact) mass is 301 g/mol. The molecular formula is C13H19NO5S. The number of sulfonamides is 1. The van der Waals surface area contributed by atoms with Crippen molar-refractivity contribution < 1.29 is 23.1 Å². The number of hydrogen-bond donors (Lipinski definition) is 2. The van der Waals surface area contributed by atoms with E-state index in [9.17, 15) is 13.2 Å². The molecule has 0 aliphatic rings. The van der Waals surface area contributed by atoms with E-state index in [1.807, 2.05) is 0 Å². The van der Waals surface area contributed by atoms with E-state index >= 15 is 0 Å². The molecule has 0 saturated heterocycles. The number of rotatable bonds is 6. The van der Waals surface area contributed by atoms with Crippen molar-refractivity contribution in [2.45, 2.75) is 25.7 Å². The first kappa shape index (κ1) is 16.5. The number of methoxy groups -OCH3 is 1. The van der Waals surface area contributed by atoms with Crippen LogP contribution >= 0.6 is 0 Å². The van der Waals surface area contributed by atoms with Gasteiger partial charge in [0.1, 0.15) is 10.6 Å². The normalized spacial score (nSPS) is 12.2. The number of hydrogen-bond acceptors (Lipinski definition) is 4. The van der Waals surface area contributed by atoms with Crippen LogP contribution in [0, 0.1) is 12.3 Å². The minimum absolute atomic E-state index is 0.00110. The summed E-state index contributed by atoms with van der Waals surface area (Å²) in [7, 11) is -2.45. The lowest BCUT2D eigenvalue weighted by Gasteiger charge is -2.20. The molecule has 0 atom stereocenters. The first-order valence-electron chi connectivity index (χ1n) is 5.98. The molecule has 6 nitrogen and oxygen atoms in total. The Morgan fingerprint density at radius 3 is 2.50 bits per heavy atom. The Balaban J connectivity index is 3.06. The Morgan fingerprint density at radius 1 is 1.40 bits per heavy atom. The smallest absolute Gasteiger partial charge is 0.310 e. The molecule has 0 fully saturated rings. The minimum Gasteiger partial charge on any atom is -0.495 e. The summed E-state index contributed by atoms with van der Waals surface area (Å²) < 4.78 is 31.8. The molecule has 0 bridgehead atoms. The van der Waals surface area contributed by atoms with E-state index in [-0.39, 0.29) is 17.2 Å². The molecule has 0 aliphatic heterocycles. The maximum Gasteiger partial charge on any atom is 0.310 e. The van der Waals surface area contributed by atoms with Gasteiger partial charge in [-0.15, -0.1) is 0 Å². The summed E-state index contributed by atoms with van der Waals surface area (Å²) in [6.07, 6.45) is 0. The van der Waals surface area contributed by atoms with Gasteiger partial charge in [0.05, 0.1) is 12.5 Å². The van der Waals surface area contributed by atoms with Crippen molar-refractivity contribution in [3.05, 3.63) is 23.8 Å². The Labute approximate surface area is 118 Å². The van der Waals surface area contributed by atoms with Crippen molar-refractivity contribution in [2.75, 3.05) is 13.7 Å². The Morgan fingerprint density at radius 2 is 2.00 bits per heavy atom. The number of aliphatic carboxylic acids is 1. The van der Waals surface area contributed by atoms with Crippen LogP contribution in [0.15, 0.2) is 23.1 Å². The number of nitrogens with one attached hydrogen (secondary N) is 1. The molecule has 1 aromatic carbocycles. The van der Waals surface area contributed by atoms with Crippen molar-refractivity contribution in [2.24, 2.45) is 5.41 Å². The SMILES string of the molecule is COc1ccc(C)cc1S(=O)(=O)NCC(C)(C)C(=O)O. The fourth-order valence-corrected chi connectivity index (χ4v) is 2.89. The van der Waals surface area contributed by atoms with Crippen LogP contribution in [0.5, 0.6) is 5.75 Å². The van der Waals surface area contributed by atoms with E-state index in [0.717, 1.165) is 5.56 Å². The molecule has 0 radical (unpaired) electrons. The standard InChI is InChI=1S/C13H19NO5S/c1-9-5-6-10(19-4)11(7-9)20(17,18)14-8-13(2,3)12(15)16/h5-7,14H,8H2,1-4H3,(H,15,16). The summed E-state index contributed by atoms with van der Waals surface area (Å²) in [6.45, 7) is 4.46. The first-order valence-corrected chi connectivity index (χ1v) is 7.46. The van der Waals surface area contributed by atoms with Crippen molar-refractivity contribution >= 4 is 16.0 Å². The average molecular weight is 301 g/mol. The molecule has 112 valence electrons. The van der Waals surface area contributed by atoms with Crippen LogP contribution < -0.4 is 9.46 Å². The van der Waals surface area contributed by atoms with Gasteiger partial charge in [0.15, 0.2) is 0 Å². The van der Waals surface area contributed by atoms with Crippen molar-refractivity contribution in [1.29, 1.82) is 0 Å². The van der Waals surface area contributed by atoms with Gasteiger partial charge in [0.2, 0.25) is 10.0 Å². The fraction of sp³-hybridized carbons (Fsp3) is 0.462. The van der Waals surface area contributed by atoms with Gasteiger partial charge in [-0.05, 0) is 38.5 Å². The van der Waals surface area contributed by atoms with Crippen molar-refractivity contribution in [3.8, 4) is 5.75 Å². The molecular weight excluding hydrogens is 282 g/mol. The van der Waals surface area contributed by atoms with Gasteiger partial charge in [-0.25, -0.2) is 13.1 Å². The van der Waals surface area contributed by atoms with Crippen LogP contribution in [-0.4, -0.2) is 33.1 Å². The van der Waals surface area contributed by atoms with Gasteiger partial charge in [0, 0.05) is 6.54 Å². The topological polar surface area (TPSA) is 92.7 Å². The lowest BCUT2D eigenvalue weighted by molar-refractivity contribution is -0.146. The molecule has 0 aromatic heterocycles. The molecule has 20 heavy (non-hydrogen) atoms. The predicted molar refractivity (Wildman–Crippen MR) is 74.3 cm³/mol. The second-order valence-corrected chi connectivity index (χ2v) is 6.90. The zero-order valence-electron chi connectivity index (χ0n) is 11.9. The number of ether oxygens (including phenoxy) is 1. The molecule has 1 rings (SSSR count). The lowest BCUT2D eigenvalue weighted by Crippen LogP contribution is -2.39. The van der Waals surface area contributed by atoms with Crippen LogP contribution in [-0.2, 0) is 14.8 Å². The summed E-state index contributed by atoms with van der Waals surface area (Å²) in [4.78, 5) is 11.0. The van der Waals surface area contributed by atoms with E-state index in [4.69, 9.17) is 9.84 Å². The zero-order valence-corrected chi connectivity index (χ0v) is 12.7. The third-order valence-corrected chi connectivity index (χ3v) is 4.31. The highest BCUT2D eigenvalue weighted by atomic mass is 32.2. The summed E-state index contributed by atoms with van der Waals surface area (Å²) in [5.41, 5.74) is -0.423. The van der Waals surface area contributed by atoms with Crippen LogP contribution in [0.2, 0.25) is 0 Å². The number of carboxylic acids is 1. The molecule has 0 saturated carbocycles. The molecule has 0 amide bonds. The van der Waals surface area contributed by atoms with Crippen LogP contribution in [0.3, 0.4) is 0 Å². The molecule has 0 spiro atoms. The van der Waals surface area contributed by atoms with Gasteiger partial charge in [0.25, 0.3) is 0 Å². The van der Waals surface area contributed by atoms with E-state index in [0.29, 0.717) is 0 Å². The van der Waals surface area contributed by atoms with E-state index < -0.39 is 21.4 Å². The summed E-state index contributed by atoms with van der Waals surface area (Å²) in [5, 5.41) is 8.99. The van der Waals surface area contributed by atoms with Gasteiger partial charge >= 0.3 is 5.97 Å². The highest BCUT2D eigenvalue weighted by Crippen LogP contribution is 2.25. The molecule has 0 heterocycles. The number of aryl methyl sites for hydroxylation is 1. The Hall–Kier alpha value is -1.60. The third kappa shape index (κ3) is 3.71. The molecule has 0 aliphatic carbocycles. The maximum absolute atomic E-state index is 12.2. The first-order chi connectivity index (χ1) is 9.10. The average Bonchev–Trinajstić information content (AvgIpc) is 2.36. The summed E-state index contributed by atoms with van der Waals surface area (Å²) in [5.74, 6) is -0.854. The van der Waals surface area contributed by atoms with Gasteiger partial charge in [-0.2, -0.15) is 0 Å². The number of carbonyl (C=O) groups is 1. The molecule has 0 unspecified atom stereocenters. The van der Waals surface area contributed by atoms with Gasteiger partial charge in [-0.1, -0.05) is 6.07 Å². The second kappa shape index (κ2) is 5.80. The van der Waals surface area contributed by atoms with Crippen LogP contribution in [0.1, 0.15) is 19.4 Å². The Bertz CT molecular complexity index is 607. The number of benzene rings is 1. The van der Waals surface area contributed by atoms with Crippen LogP contribution in [0.4, 0.5) is 0 Å². The minimum atomic E-state index is -3.83. The maximum atomic E-state index is 12.2. The summed E-state index contributed by atoms with van der Waals surface area (Å²) in [6, 6.07) is 4.78. The van der Waals surface area contributed by atoms with E-state index in [1.165, 1.54) is 27.0 Å². The Kier molecular flexibility index (Phi) is 4.77. The highest BCUT2D eigenvalue weighted by molar-refractivity contribution is 7.89. The van der Waals surface area contributed by atoms with Crippen LogP contribution in [0.25, 0.3) is 0 Å². The second-order valence-electron chi connectivity index (χ2n) is 5.17. The predicted octanol–water partition coefficient (Wildman–Crippen LogP) is 1.39. The summed E-state index contributed by atoms with van der Waals surface area (Å²) >= 11 is 0. The lowest BCUT2D eigenvalue weighted by atomic mass is 9.95. The highest BCUT2D eigenvalue weighted by Gasteiger charge is 2.30. The largest absolute Gasteiger partial charge is 0.495 e. The fourth-order valence-electron chi connectivity index (χ4n) is 1.42. The molecule has 7 heteroatoms. The van der Waals surface area contributed by atoms with E-state index in [2.05, 4.69) is 4.72 Å². The zero-order chi connectivity index (χ0) is 15.6. The molecule has 1 aromatic rings. The van der Waals surface area contributed by atoms with Crippen molar-refractivity contribution in [3.63, 3.8) is 0 Å². The van der Waals surface area contributed by atoms with Gasteiger partial charge in [-0.3, -0.25) is 4.79 Å². The van der Waals surface area contributed by atoms with E-state index in [1.54, 1.807) is 19.1 Å². The van der Waals surface area contributed by atoms with Crippen molar-refractivity contribution in [1.82, 2.24) is 4.72 Å².